The van der Waals surface area contributed by atoms with Crippen molar-refractivity contribution in [1.29, 1.82) is 0 Å². The van der Waals surface area contributed by atoms with E-state index in [1.165, 1.54) is 19.2 Å². The maximum Gasteiger partial charge on any atom is 0.184 e. The van der Waals surface area contributed by atoms with Crippen molar-refractivity contribution in [2.45, 2.75) is 6.42 Å². The third-order valence-electron chi connectivity index (χ3n) is 4.89. The molecule has 0 unspecified atom stereocenters. The van der Waals surface area contributed by atoms with Gasteiger partial charge in [-0.15, -0.1) is 0 Å². The van der Waals surface area contributed by atoms with Crippen LogP contribution in [0.1, 0.15) is 26.4 Å². The Labute approximate surface area is 166 Å². The number of halogens is 1. The van der Waals surface area contributed by atoms with E-state index in [4.69, 9.17) is 4.74 Å². The predicted octanol–water partition coefficient (Wildman–Crippen LogP) is 5.22. The summed E-state index contributed by atoms with van der Waals surface area (Å²) in [7, 11) is 1.49. The molecule has 0 aliphatic carbocycles. The molecule has 0 aliphatic heterocycles. The van der Waals surface area contributed by atoms with Crippen molar-refractivity contribution in [2.75, 3.05) is 7.11 Å². The van der Waals surface area contributed by atoms with Crippen LogP contribution in [-0.2, 0) is 6.42 Å². The maximum atomic E-state index is 13.9. The van der Waals surface area contributed by atoms with Gasteiger partial charge in [-0.1, -0.05) is 36.4 Å². The predicted molar refractivity (Wildman–Crippen MR) is 110 cm³/mol. The summed E-state index contributed by atoms with van der Waals surface area (Å²) in [5.74, 6) is -0.0526. The zero-order valence-electron chi connectivity index (χ0n) is 15.7. The molecule has 1 aromatic heterocycles. The Morgan fingerprint density at radius 2 is 1.86 bits per heavy atom. The summed E-state index contributed by atoms with van der Waals surface area (Å²) in [5.41, 5.74) is 3.70. The first-order valence-corrected chi connectivity index (χ1v) is 9.12. The number of hydrogen-bond acceptors (Lipinski definition) is 3. The smallest absolute Gasteiger partial charge is 0.184 e. The zero-order chi connectivity index (χ0) is 20.4. The molecule has 1 heterocycles. The Morgan fingerprint density at radius 1 is 1.07 bits per heavy atom. The summed E-state index contributed by atoms with van der Waals surface area (Å²) in [6.07, 6.45) is 0.799. The van der Waals surface area contributed by atoms with E-state index < -0.39 is 0 Å². The fraction of sp³-hybridized carbons (Fsp3) is 0.0833. The van der Waals surface area contributed by atoms with E-state index >= 15 is 0 Å². The summed E-state index contributed by atoms with van der Waals surface area (Å²) in [6, 6.07) is 18.9. The average molecular weight is 387 g/mol. The second-order valence-corrected chi connectivity index (χ2v) is 6.73. The molecule has 3 aromatic carbocycles. The van der Waals surface area contributed by atoms with Gasteiger partial charge in [0.15, 0.2) is 12.1 Å². The molecule has 1 N–H and O–H groups in total. The number of aromatic amines is 1. The number of aldehydes is 1. The number of nitrogens with one attached hydrogen (secondary N) is 1. The Hall–Kier alpha value is -3.73. The van der Waals surface area contributed by atoms with E-state index in [1.807, 2.05) is 30.3 Å². The number of rotatable bonds is 6. The number of methoxy groups -OCH3 is 1. The van der Waals surface area contributed by atoms with Crippen molar-refractivity contribution in [3.8, 4) is 16.9 Å². The molecule has 0 aliphatic rings. The SMILES string of the molecule is COc1ccc(CC(=O)c2[nH]c3ccc(F)cc3c2-c2ccccc2)cc1C=O. The first-order valence-electron chi connectivity index (χ1n) is 9.12. The molecule has 4 rings (SSSR count). The minimum atomic E-state index is -0.363. The lowest BCUT2D eigenvalue weighted by Crippen LogP contribution is -2.06. The number of aromatic nitrogens is 1. The molecule has 144 valence electrons. The Morgan fingerprint density at radius 3 is 2.59 bits per heavy atom. The number of fused-ring (bicyclic) bond motifs is 1. The number of ketones is 1. The number of H-pyrrole nitrogens is 1. The van der Waals surface area contributed by atoms with Crippen molar-refractivity contribution in [2.24, 2.45) is 0 Å². The summed E-state index contributed by atoms with van der Waals surface area (Å²) in [5, 5.41) is 0.655. The van der Waals surface area contributed by atoms with E-state index in [1.54, 1.807) is 24.3 Å². The van der Waals surface area contributed by atoms with Crippen LogP contribution in [0, 0.1) is 5.82 Å². The van der Waals surface area contributed by atoms with Crippen LogP contribution in [0.15, 0.2) is 66.7 Å². The third kappa shape index (κ3) is 3.55. The van der Waals surface area contributed by atoms with E-state index in [0.29, 0.717) is 45.3 Å². The molecule has 29 heavy (non-hydrogen) atoms. The molecule has 0 atom stereocenters. The van der Waals surface area contributed by atoms with Gasteiger partial charge in [0, 0.05) is 22.9 Å². The largest absolute Gasteiger partial charge is 0.496 e. The second-order valence-electron chi connectivity index (χ2n) is 6.73. The van der Waals surface area contributed by atoms with Crippen LogP contribution >= 0.6 is 0 Å². The number of carbonyl (C=O) groups is 2. The van der Waals surface area contributed by atoms with Crippen molar-refractivity contribution in [3.05, 3.63) is 89.4 Å². The van der Waals surface area contributed by atoms with E-state index in [2.05, 4.69) is 4.98 Å². The molecule has 0 radical (unpaired) electrons. The molecule has 4 nitrogen and oxygen atoms in total. The van der Waals surface area contributed by atoms with Crippen molar-refractivity contribution in [3.63, 3.8) is 0 Å². The first kappa shape index (κ1) is 18.6. The molecule has 0 spiro atoms. The Kier molecular flexibility index (Phi) is 4.96. The molecule has 0 fully saturated rings. The number of benzene rings is 3. The summed E-state index contributed by atoms with van der Waals surface area (Å²) < 4.78 is 19.1. The van der Waals surface area contributed by atoms with Crippen LogP contribution in [0.5, 0.6) is 5.75 Å². The van der Waals surface area contributed by atoms with Gasteiger partial charge in [-0.05, 0) is 41.5 Å². The summed E-state index contributed by atoms with van der Waals surface area (Å²) >= 11 is 0. The van der Waals surface area contributed by atoms with Crippen LogP contribution in [0.4, 0.5) is 4.39 Å². The molecular weight excluding hydrogens is 369 g/mol. The van der Waals surface area contributed by atoms with Crippen LogP contribution < -0.4 is 4.74 Å². The van der Waals surface area contributed by atoms with Gasteiger partial charge in [-0.3, -0.25) is 9.59 Å². The second kappa shape index (κ2) is 7.72. The quantitative estimate of drug-likeness (QED) is 0.364. The lowest BCUT2D eigenvalue weighted by molar-refractivity contribution is 0.0988. The van der Waals surface area contributed by atoms with E-state index in [-0.39, 0.29) is 18.0 Å². The van der Waals surface area contributed by atoms with Crippen LogP contribution in [0.3, 0.4) is 0 Å². The zero-order valence-corrected chi connectivity index (χ0v) is 15.7. The van der Waals surface area contributed by atoms with Gasteiger partial charge in [0.2, 0.25) is 0 Å². The van der Waals surface area contributed by atoms with Crippen LogP contribution in [0.2, 0.25) is 0 Å². The molecule has 0 saturated heterocycles. The van der Waals surface area contributed by atoms with Gasteiger partial charge in [0.25, 0.3) is 0 Å². The third-order valence-corrected chi connectivity index (χ3v) is 4.89. The Bertz CT molecular complexity index is 1210. The maximum absolute atomic E-state index is 13.9. The van der Waals surface area contributed by atoms with Gasteiger partial charge in [-0.25, -0.2) is 4.39 Å². The summed E-state index contributed by atoms with van der Waals surface area (Å²) in [4.78, 5) is 27.6. The minimum Gasteiger partial charge on any atom is -0.496 e. The summed E-state index contributed by atoms with van der Waals surface area (Å²) in [6.45, 7) is 0. The van der Waals surface area contributed by atoms with Gasteiger partial charge in [-0.2, -0.15) is 0 Å². The fourth-order valence-corrected chi connectivity index (χ4v) is 3.54. The molecule has 0 bridgehead atoms. The van der Waals surface area contributed by atoms with E-state index in [0.717, 1.165) is 5.56 Å². The topological polar surface area (TPSA) is 59.2 Å². The highest BCUT2D eigenvalue weighted by molar-refractivity contribution is 6.11. The van der Waals surface area contributed by atoms with Gasteiger partial charge < -0.3 is 9.72 Å². The number of carbonyl (C=O) groups excluding carboxylic acids is 2. The molecule has 0 amide bonds. The lowest BCUT2D eigenvalue weighted by atomic mass is 9.97. The number of Topliss-reactive ketones (excluding diaryl/α,β-unsaturated/α-hetero) is 1. The normalized spacial score (nSPS) is 10.8. The number of hydrogen-bond donors (Lipinski definition) is 1. The molecule has 0 saturated carbocycles. The van der Waals surface area contributed by atoms with Crippen molar-refractivity contribution >= 4 is 23.0 Å². The lowest BCUT2D eigenvalue weighted by Gasteiger charge is -2.08. The first-order chi connectivity index (χ1) is 14.1. The highest BCUT2D eigenvalue weighted by atomic mass is 19.1. The standard InChI is InChI=1S/C24H18FNO3/c1-29-22-10-7-15(11-17(22)14-27)12-21(28)24-23(16-5-3-2-4-6-16)19-13-18(25)8-9-20(19)26-24/h2-11,13-14,26H,12H2,1H3. The van der Waals surface area contributed by atoms with Gasteiger partial charge in [0.1, 0.15) is 11.6 Å². The van der Waals surface area contributed by atoms with E-state index in [9.17, 15) is 14.0 Å². The molecular formula is C24H18FNO3. The monoisotopic (exact) mass is 387 g/mol. The van der Waals surface area contributed by atoms with Crippen molar-refractivity contribution in [1.82, 2.24) is 4.98 Å². The average Bonchev–Trinajstić information content (AvgIpc) is 3.13. The fourth-order valence-electron chi connectivity index (χ4n) is 3.54. The number of ether oxygens (including phenoxy) is 1. The highest BCUT2D eigenvalue weighted by Gasteiger charge is 2.20. The van der Waals surface area contributed by atoms with Gasteiger partial charge >= 0.3 is 0 Å². The Balaban J connectivity index is 1.79. The van der Waals surface area contributed by atoms with Crippen molar-refractivity contribution < 1.29 is 18.7 Å². The van der Waals surface area contributed by atoms with Gasteiger partial charge in [0.05, 0.1) is 18.4 Å². The minimum absolute atomic E-state index is 0.0972. The van der Waals surface area contributed by atoms with Crippen LogP contribution in [0.25, 0.3) is 22.0 Å². The van der Waals surface area contributed by atoms with Crippen LogP contribution in [-0.4, -0.2) is 24.2 Å². The molecule has 5 heteroatoms. The molecule has 4 aromatic rings. The highest BCUT2D eigenvalue weighted by Crippen LogP contribution is 2.34.